The molecule has 4 aromatic heterocycles. The molecule has 224 valence electrons. The Bertz CT molecular complexity index is 2140. The summed E-state index contributed by atoms with van der Waals surface area (Å²) in [5.74, 6) is -0.0670. The zero-order chi connectivity index (χ0) is 31.5. The van der Waals surface area contributed by atoms with E-state index in [0.717, 1.165) is 59.8 Å². The van der Waals surface area contributed by atoms with Gasteiger partial charge < -0.3 is 4.74 Å². The Labute approximate surface area is 264 Å². The first-order chi connectivity index (χ1) is 20.8. The van der Waals surface area contributed by atoms with Gasteiger partial charge in [0.1, 0.15) is 11.1 Å². The third-order valence-corrected chi connectivity index (χ3v) is 8.96. The predicted molar refractivity (Wildman–Crippen MR) is 177 cm³/mol. The molecule has 6 rings (SSSR count). The second-order valence-corrected chi connectivity index (χ2v) is 13.4. The molecule has 44 heavy (non-hydrogen) atoms. The van der Waals surface area contributed by atoms with Crippen LogP contribution in [0.1, 0.15) is 44.9 Å². The second kappa shape index (κ2) is 11.1. The number of nitrogens with zero attached hydrogens (tertiary/aromatic N) is 5. The van der Waals surface area contributed by atoms with Gasteiger partial charge in [0.25, 0.3) is 0 Å². The quantitative estimate of drug-likeness (QED) is 0.188. The maximum absolute atomic E-state index is 13.1. The van der Waals surface area contributed by atoms with Crippen molar-refractivity contribution < 1.29 is 9.53 Å². The molecule has 0 bridgehead atoms. The highest BCUT2D eigenvalue weighted by Gasteiger charge is 2.30. The summed E-state index contributed by atoms with van der Waals surface area (Å²) in [6, 6.07) is 15.5. The van der Waals surface area contributed by atoms with Gasteiger partial charge >= 0.3 is 5.69 Å². The first kappa shape index (κ1) is 29.9. The molecule has 0 spiro atoms. The van der Waals surface area contributed by atoms with Crippen molar-refractivity contribution in [1.29, 1.82) is 0 Å². The van der Waals surface area contributed by atoms with Gasteiger partial charge in [0, 0.05) is 53.8 Å². The fraction of sp³-hybridized carbons (Fsp3) is 0.265. The smallest absolute Gasteiger partial charge is 0.329 e. The second-order valence-electron chi connectivity index (χ2n) is 12.0. The number of aromatic nitrogens is 5. The lowest BCUT2D eigenvalue weighted by Gasteiger charge is -2.29. The molecule has 0 unspecified atom stereocenters. The van der Waals surface area contributed by atoms with Crippen LogP contribution in [0.2, 0.25) is 5.02 Å². The van der Waals surface area contributed by atoms with E-state index in [1.54, 1.807) is 49.3 Å². The summed E-state index contributed by atoms with van der Waals surface area (Å²) in [5, 5.41) is 1.44. The Balaban J connectivity index is 1.53. The van der Waals surface area contributed by atoms with E-state index in [1.807, 2.05) is 76.2 Å². The average molecular weight is 626 g/mol. The number of ether oxygens (including phenoxy) is 1. The molecule has 0 amide bonds. The Morgan fingerprint density at radius 2 is 1.70 bits per heavy atom. The van der Waals surface area contributed by atoms with Gasteiger partial charge in [0.2, 0.25) is 0 Å². The zero-order valence-corrected chi connectivity index (χ0v) is 27.2. The normalized spacial score (nSPS) is 12.7. The van der Waals surface area contributed by atoms with E-state index < -0.39 is 11.7 Å². The standard InChI is InChI=1S/C34H32ClN5O3S/c1-18-14-25-30(28(20-8-10-23(35)11-9-20)27(18)29(19(2)41)43-34(3,4)5)44-32(38-25)21-12-13-36-24(15-21)22-16-26-31(37-17-22)40(7)33(42)39(26)6/h8-17,29H,1-7H3/t29-/m1/s1. The summed E-state index contributed by atoms with van der Waals surface area (Å²) < 4.78 is 10.4. The SMILES string of the molecule is CC(=O)[C@@H](OC(C)(C)C)c1c(C)cc2nc(-c3ccnc(-c4cnc5c(c4)n(C)c(=O)n5C)c3)sc2c1-c1ccc(Cl)cc1. The number of hydrogen-bond donors (Lipinski definition) is 0. The summed E-state index contributed by atoms with van der Waals surface area (Å²) in [7, 11) is 3.45. The molecule has 1 atom stereocenters. The number of pyridine rings is 2. The predicted octanol–water partition coefficient (Wildman–Crippen LogP) is 7.68. The van der Waals surface area contributed by atoms with E-state index in [4.69, 9.17) is 21.3 Å². The fourth-order valence-electron chi connectivity index (χ4n) is 5.51. The molecule has 0 aliphatic rings. The minimum Gasteiger partial charge on any atom is -0.360 e. The van der Waals surface area contributed by atoms with Crippen molar-refractivity contribution in [2.45, 2.75) is 46.3 Å². The maximum atomic E-state index is 13.1. The Morgan fingerprint density at radius 3 is 2.39 bits per heavy atom. The number of hydrogen-bond acceptors (Lipinski definition) is 7. The molecule has 0 N–H and O–H groups in total. The Hall–Kier alpha value is -4.18. The van der Waals surface area contributed by atoms with Gasteiger partial charge in [-0.05, 0) is 82.1 Å². The van der Waals surface area contributed by atoms with Crippen molar-refractivity contribution in [3.05, 3.63) is 87.6 Å². The van der Waals surface area contributed by atoms with Gasteiger partial charge in [-0.25, -0.2) is 14.8 Å². The fourth-order valence-corrected chi connectivity index (χ4v) is 6.75. The third kappa shape index (κ3) is 5.36. The van der Waals surface area contributed by atoms with Gasteiger partial charge in [-0.2, -0.15) is 0 Å². The van der Waals surface area contributed by atoms with Crippen LogP contribution in [0.15, 0.2) is 65.7 Å². The van der Waals surface area contributed by atoms with Crippen LogP contribution >= 0.6 is 22.9 Å². The topological polar surface area (TPSA) is 91.9 Å². The zero-order valence-electron chi connectivity index (χ0n) is 25.6. The van der Waals surface area contributed by atoms with E-state index in [1.165, 1.54) is 4.57 Å². The molecular weight excluding hydrogens is 594 g/mol. The number of thiazole rings is 1. The lowest BCUT2D eigenvalue weighted by molar-refractivity contribution is -0.138. The summed E-state index contributed by atoms with van der Waals surface area (Å²) in [4.78, 5) is 39.7. The number of fused-ring (bicyclic) bond motifs is 2. The summed E-state index contributed by atoms with van der Waals surface area (Å²) in [5.41, 5.74) is 7.52. The number of Topliss-reactive ketones (excluding diaryl/α,β-unsaturated/α-hetero) is 1. The van der Waals surface area contributed by atoms with E-state index in [0.29, 0.717) is 10.7 Å². The van der Waals surface area contributed by atoms with E-state index in [-0.39, 0.29) is 11.5 Å². The highest BCUT2D eigenvalue weighted by atomic mass is 35.5. The van der Waals surface area contributed by atoms with Gasteiger partial charge in [0.05, 0.1) is 27.0 Å². The molecule has 0 saturated heterocycles. The van der Waals surface area contributed by atoms with Crippen LogP contribution in [-0.4, -0.2) is 35.5 Å². The number of benzene rings is 2. The van der Waals surface area contributed by atoms with Crippen LogP contribution in [0.3, 0.4) is 0 Å². The molecule has 10 heteroatoms. The van der Waals surface area contributed by atoms with Gasteiger partial charge in [-0.1, -0.05) is 23.7 Å². The van der Waals surface area contributed by atoms with Crippen molar-refractivity contribution >= 4 is 50.1 Å². The molecule has 0 saturated carbocycles. The van der Waals surface area contributed by atoms with Crippen molar-refractivity contribution in [2.24, 2.45) is 14.1 Å². The van der Waals surface area contributed by atoms with Crippen molar-refractivity contribution in [2.75, 3.05) is 0 Å². The van der Waals surface area contributed by atoms with Crippen molar-refractivity contribution in [1.82, 2.24) is 24.1 Å². The number of imidazole rings is 1. The van der Waals surface area contributed by atoms with E-state index in [9.17, 15) is 9.59 Å². The number of ketones is 1. The summed E-state index contributed by atoms with van der Waals surface area (Å²) in [6.07, 6.45) is 2.74. The van der Waals surface area contributed by atoms with Crippen LogP contribution in [-0.2, 0) is 23.6 Å². The summed E-state index contributed by atoms with van der Waals surface area (Å²) in [6.45, 7) is 9.43. The molecule has 8 nitrogen and oxygen atoms in total. The van der Waals surface area contributed by atoms with Crippen LogP contribution in [0, 0.1) is 6.92 Å². The summed E-state index contributed by atoms with van der Waals surface area (Å²) >= 11 is 7.83. The van der Waals surface area contributed by atoms with Crippen LogP contribution in [0.4, 0.5) is 0 Å². The highest BCUT2D eigenvalue weighted by Crippen LogP contribution is 2.44. The van der Waals surface area contributed by atoms with Crippen molar-refractivity contribution in [3.63, 3.8) is 0 Å². The molecule has 0 aliphatic heterocycles. The lowest BCUT2D eigenvalue weighted by atomic mass is 9.90. The van der Waals surface area contributed by atoms with Crippen molar-refractivity contribution in [3.8, 4) is 33.0 Å². The molecule has 0 radical (unpaired) electrons. The van der Waals surface area contributed by atoms with Gasteiger partial charge in [-0.3, -0.25) is 18.9 Å². The average Bonchev–Trinajstić information content (AvgIpc) is 3.50. The molecule has 0 aliphatic carbocycles. The first-order valence-electron chi connectivity index (χ1n) is 14.2. The Morgan fingerprint density at radius 1 is 0.977 bits per heavy atom. The lowest BCUT2D eigenvalue weighted by Crippen LogP contribution is -2.27. The van der Waals surface area contributed by atoms with Gasteiger partial charge in [-0.15, -0.1) is 11.3 Å². The largest absolute Gasteiger partial charge is 0.360 e. The van der Waals surface area contributed by atoms with Crippen LogP contribution in [0.5, 0.6) is 0 Å². The minimum absolute atomic E-state index is 0.0670. The maximum Gasteiger partial charge on any atom is 0.329 e. The van der Waals surface area contributed by atoms with E-state index >= 15 is 0 Å². The highest BCUT2D eigenvalue weighted by molar-refractivity contribution is 7.22. The van der Waals surface area contributed by atoms with E-state index in [2.05, 4.69) is 9.97 Å². The number of carbonyl (C=O) groups excluding carboxylic acids is 1. The minimum atomic E-state index is -0.750. The number of aryl methyl sites for hydroxylation is 3. The van der Waals surface area contributed by atoms with Crippen LogP contribution in [0.25, 0.3) is 54.3 Å². The molecule has 4 heterocycles. The third-order valence-electron chi connectivity index (χ3n) is 7.57. The molecular formula is C34H32ClN5O3S. The number of rotatable bonds is 6. The molecule has 6 aromatic rings. The van der Waals surface area contributed by atoms with Gasteiger partial charge in [0.15, 0.2) is 11.4 Å². The monoisotopic (exact) mass is 625 g/mol. The Kier molecular flexibility index (Phi) is 7.52. The number of carbonyl (C=O) groups is 1. The number of halogens is 1. The molecule has 2 aromatic carbocycles. The molecule has 0 fully saturated rings. The first-order valence-corrected chi connectivity index (χ1v) is 15.4. The van der Waals surface area contributed by atoms with Crippen LogP contribution < -0.4 is 5.69 Å².